The van der Waals surface area contributed by atoms with E-state index >= 15 is 0 Å². The van der Waals surface area contributed by atoms with Gasteiger partial charge in [0.05, 0.1) is 0 Å². The van der Waals surface area contributed by atoms with Gasteiger partial charge in [0.1, 0.15) is 6.10 Å². The number of ether oxygens (including phenoxy) is 1. The molecule has 1 aliphatic carbocycles. The molecule has 0 radical (unpaired) electrons. The highest BCUT2D eigenvalue weighted by Crippen LogP contribution is 2.19. The molecule has 3 heteroatoms. The minimum atomic E-state index is 0.113. The predicted octanol–water partition coefficient (Wildman–Crippen LogP) is -0.351. The minimum Gasteiger partial charge on any atom is -0.464 e. The van der Waals surface area contributed by atoms with Gasteiger partial charge in [0, 0.05) is 6.04 Å². The van der Waals surface area contributed by atoms with Crippen molar-refractivity contribution in [3.8, 4) is 0 Å². The highest BCUT2D eigenvalue weighted by Gasteiger charge is 2.26. The second-order valence-corrected chi connectivity index (χ2v) is 2.09. The predicted molar refractivity (Wildman–Crippen MR) is 28.1 cm³/mol. The summed E-state index contributed by atoms with van der Waals surface area (Å²) in [6.07, 6.45) is 1.78. The molecule has 0 heterocycles. The van der Waals surface area contributed by atoms with Gasteiger partial charge in [-0.1, -0.05) is 0 Å². The Morgan fingerprint density at radius 2 is 2.25 bits per heavy atom. The van der Waals surface area contributed by atoms with Crippen molar-refractivity contribution in [2.24, 2.45) is 5.73 Å². The maximum atomic E-state index is 9.65. The van der Waals surface area contributed by atoms with Crippen LogP contribution in [0.1, 0.15) is 12.8 Å². The fraction of sp³-hybridized carbons (Fsp3) is 0.800. The van der Waals surface area contributed by atoms with Crippen LogP contribution in [0.15, 0.2) is 0 Å². The van der Waals surface area contributed by atoms with Gasteiger partial charge in [-0.2, -0.15) is 0 Å². The van der Waals surface area contributed by atoms with Crippen LogP contribution in [-0.4, -0.2) is 18.6 Å². The van der Waals surface area contributed by atoms with Gasteiger partial charge in [-0.25, -0.2) is 0 Å². The number of carbonyl (C=O) groups excluding carboxylic acids is 1. The van der Waals surface area contributed by atoms with Crippen LogP contribution in [0, 0.1) is 0 Å². The molecule has 0 spiro atoms. The molecule has 8 heavy (non-hydrogen) atoms. The summed E-state index contributed by atoms with van der Waals surface area (Å²) in [7, 11) is 0. The second-order valence-electron chi connectivity index (χ2n) is 2.09. The minimum absolute atomic E-state index is 0.113. The molecule has 0 bridgehead atoms. The maximum Gasteiger partial charge on any atom is 0.293 e. The smallest absolute Gasteiger partial charge is 0.293 e. The van der Waals surface area contributed by atoms with Gasteiger partial charge in [-0.05, 0) is 12.8 Å². The normalized spacial score (nSPS) is 35.6. The molecule has 3 nitrogen and oxygen atoms in total. The number of nitrogens with two attached hydrogens (primary N) is 1. The Hall–Kier alpha value is -0.570. The quantitative estimate of drug-likeness (QED) is 0.500. The van der Waals surface area contributed by atoms with Crippen molar-refractivity contribution in [3.63, 3.8) is 0 Å². The Balaban J connectivity index is 2.06. The van der Waals surface area contributed by atoms with Crippen LogP contribution >= 0.6 is 0 Å². The number of hydrogen-bond donors (Lipinski definition) is 1. The summed E-state index contributed by atoms with van der Waals surface area (Å²) < 4.78 is 4.59. The molecule has 0 aliphatic heterocycles. The zero-order valence-corrected chi connectivity index (χ0v) is 4.54. The van der Waals surface area contributed by atoms with Gasteiger partial charge in [-0.15, -0.1) is 0 Å². The Morgan fingerprint density at radius 3 is 2.62 bits per heavy atom. The molecule has 1 aliphatic rings. The molecule has 0 aromatic rings. The fourth-order valence-corrected chi connectivity index (χ4v) is 0.796. The largest absolute Gasteiger partial charge is 0.464 e. The van der Waals surface area contributed by atoms with Crippen LogP contribution in [0.25, 0.3) is 0 Å². The van der Waals surface area contributed by atoms with Crippen molar-refractivity contribution in [1.29, 1.82) is 0 Å². The first kappa shape index (κ1) is 5.56. The van der Waals surface area contributed by atoms with E-state index in [9.17, 15) is 4.79 Å². The first-order valence-electron chi connectivity index (χ1n) is 2.67. The number of rotatable bonds is 2. The molecule has 0 unspecified atom stereocenters. The molecule has 0 saturated heterocycles. The third-order valence-corrected chi connectivity index (χ3v) is 1.38. The Bertz CT molecular complexity index is 88.4. The van der Waals surface area contributed by atoms with Gasteiger partial charge < -0.3 is 10.5 Å². The van der Waals surface area contributed by atoms with E-state index in [2.05, 4.69) is 4.74 Å². The highest BCUT2D eigenvalue weighted by molar-refractivity contribution is 5.37. The lowest BCUT2D eigenvalue weighted by atomic mass is 9.90. The monoisotopic (exact) mass is 115 g/mol. The summed E-state index contributed by atoms with van der Waals surface area (Å²) in [6.45, 7) is 0.483. The highest BCUT2D eigenvalue weighted by atomic mass is 16.5. The van der Waals surface area contributed by atoms with Crippen LogP contribution in [0.2, 0.25) is 0 Å². The van der Waals surface area contributed by atoms with Crippen molar-refractivity contribution in [1.82, 2.24) is 0 Å². The molecule has 1 saturated carbocycles. The first-order valence-corrected chi connectivity index (χ1v) is 2.67. The van der Waals surface area contributed by atoms with Gasteiger partial charge in [0.15, 0.2) is 0 Å². The first-order chi connectivity index (χ1) is 3.83. The van der Waals surface area contributed by atoms with E-state index in [1.165, 1.54) is 0 Å². The van der Waals surface area contributed by atoms with E-state index in [0.29, 0.717) is 6.47 Å². The summed E-state index contributed by atoms with van der Waals surface area (Å²) >= 11 is 0. The van der Waals surface area contributed by atoms with E-state index in [4.69, 9.17) is 5.73 Å². The summed E-state index contributed by atoms with van der Waals surface area (Å²) in [5.41, 5.74) is 5.40. The van der Waals surface area contributed by atoms with Gasteiger partial charge in [-0.3, -0.25) is 4.79 Å². The maximum absolute atomic E-state index is 9.65. The summed E-state index contributed by atoms with van der Waals surface area (Å²) in [6, 6.07) is 0.264. The molecular weight excluding hydrogens is 106 g/mol. The van der Waals surface area contributed by atoms with Gasteiger partial charge in [0.2, 0.25) is 0 Å². The summed E-state index contributed by atoms with van der Waals surface area (Å²) in [5.74, 6) is 0. The van der Waals surface area contributed by atoms with Crippen LogP contribution in [0.5, 0.6) is 0 Å². The zero-order chi connectivity index (χ0) is 5.98. The lowest BCUT2D eigenvalue weighted by molar-refractivity contribution is -0.137. The van der Waals surface area contributed by atoms with Crippen molar-refractivity contribution in [3.05, 3.63) is 0 Å². The van der Waals surface area contributed by atoms with Gasteiger partial charge >= 0.3 is 0 Å². The number of hydrogen-bond acceptors (Lipinski definition) is 3. The molecular formula is C5H9NO2. The van der Waals surface area contributed by atoms with E-state index in [-0.39, 0.29) is 12.1 Å². The standard InChI is InChI=1S/C5H9NO2/c6-4-1-5(2-4)8-3-7/h3-5H,1-2,6H2. The van der Waals surface area contributed by atoms with Crippen LogP contribution in [0.4, 0.5) is 0 Å². The molecule has 0 amide bonds. The summed E-state index contributed by atoms with van der Waals surface area (Å²) in [5, 5.41) is 0. The van der Waals surface area contributed by atoms with Gasteiger partial charge in [0.25, 0.3) is 6.47 Å². The second kappa shape index (κ2) is 2.13. The average molecular weight is 115 g/mol. The lowest BCUT2D eigenvalue weighted by Gasteiger charge is -2.29. The van der Waals surface area contributed by atoms with E-state index in [0.717, 1.165) is 12.8 Å². The van der Waals surface area contributed by atoms with Crippen molar-refractivity contribution < 1.29 is 9.53 Å². The molecule has 1 rings (SSSR count). The lowest BCUT2D eigenvalue weighted by Crippen LogP contribution is -2.41. The molecule has 0 atom stereocenters. The molecule has 46 valence electrons. The van der Waals surface area contributed by atoms with Crippen LogP contribution in [0.3, 0.4) is 0 Å². The van der Waals surface area contributed by atoms with Crippen LogP contribution in [-0.2, 0) is 9.53 Å². The average Bonchev–Trinajstić information content (AvgIpc) is 1.64. The van der Waals surface area contributed by atoms with Crippen molar-refractivity contribution in [2.45, 2.75) is 25.0 Å². The molecule has 2 N–H and O–H groups in total. The van der Waals surface area contributed by atoms with Crippen molar-refractivity contribution >= 4 is 6.47 Å². The van der Waals surface area contributed by atoms with Crippen LogP contribution < -0.4 is 5.73 Å². The molecule has 0 aromatic carbocycles. The number of carbonyl (C=O) groups is 1. The third kappa shape index (κ3) is 0.980. The SMILES string of the molecule is NC1CC(OC=O)C1. The Kier molecular flexibility index (Phi) is 1.48. The fourth-order valence-electron chi connectivity index (χ4n) is 0.796. The van der Waals surface area contributed by atoms with E-state index in [1.807, 2.05) is 0 Å². The van der Waals surface area contributed by atoms with Crippen molar-refractivity contribution in [2.75, 3.05) is 0 Å². The zero-order valence-electron chi connectivity index (χ0n) is 4.54. The Morgan fingerprint density at radius 1 is 1.62 bits per heavy atom. The summed E-state index contributed by atoms with van der Waals surface area (Å²) in [4.78, 5) is 9.65. The molecule has 1 fully saturated rings. The van der Waals surface area contributed by atoms with E-state index < -0.39 is 0 Å². The third-order valence-electron chi connectivity index (χ3n) is 1.38. The topological polar surface area (TPSA) is 52.3 Å². The Labute approximate surface area is 47.8 Å². The molecule has 0 aromatic heterocycles. The van der Waals surface area contributed by atoms with E-state index in [1.54, 1.807) is 0 Å².